The van der Waals surface area contributed by atoms with Gasteiger partial charge in [-0.3, -0.25) is 0 Å². The Morgan fingerprint density at radius 1 is 0.654 bits per heavy atom. The molecular formula is C16H6F6N2O2. The van der Waals surface area contributed by atoms with Gasteiger partial charge in [0.25, 0.3) is 0 Å². The minimum atomic E-state index is -4.89. The van der Waals surface area contributed by atoms with Crippen molar-refractivity contribution in [3.63, 3.8) is 0 Å². The van der Waals surface area contributed by atoms with Gasteiger partial charge in [-0.2, -0.15) is 36.3 Å². The first-order valence-corrected chi connectivity index (χ1v) is 6.66. The third-order valence-corrected chi connectivity index (χ3v) is 3.27. The smallest absolute Gasteiger partial charge is 0.211 e. The van der Waals surface area contributed by atoms with Crippen LogP contribution in [0.1, 0.15) is 11.1 Å². The van der Waals surface area contributed by atoms with E-state index in [9.17, 15) is 35.9 Å². The average Bonchev–Trinajstić information content (AvgIpc) is 2.54. The summed E-state index contributed by atoms with van der Waals surface area (Å²) in [6.07, 6.45) is -7.81. The predicted molar refractivity (Wildman–Crippen MR) is 77.4 cm³/mol. The molecule has 2 aromatic rings. The van der Waals surface area contributed by atoms with Gasteiger partial charge < -0.3 is 0 Å². The van der Waals surface area contributed by atoms with Crippen molar-refractivity contribution < 1.29 is 35.9 Å². The molecule has 10 heteroatoms. The van der Waals surface area contributed by atoms with E-state index < -0.39 is 34.9 Å². The van der Waals surface area contributed by atoms with E-state index in [1.807, 2.05) is 0 Å². The zero-order valence-corrected chi connectivity index (χ0v) is 12.4. The zero-order chi connectivity index (χ0) is 19.5. The highest BCUT2D eigenvalue weighted by atomic mass is 19.4. The molecule has 0 heterocycles. The second-order valence-electron chi connectivity index (χ2n) is 4.87. The van der Waals surface area contributed by atoms with Crippen LogP contribution < -0.4 is 0 Å². The summed E-state index contributed by atoms with van der Waals surface area (Å²) in [5.74, 6) is 0. The summed E-state index contributed by atoms with van der Waals surface area (Å²) in [6, 6.07) is 4.96. The SMILES string of the molecule is O=C=Nc1ccc(-c2ccc(N=C=O)c(C(F)(F)F)c2)cc1C(F)(F)F. The van der Waals surface area contributed by atoms with Gasteiger partial charge in [0.05, 0.1) is 22.5 Å². The molecule has 0 radical (unpaired) electrons. The van der Waals surface area contributed by atoms with Gasteiger partial charge in [0.15, 0.2) is 0 Å². The van der Waals surface area contributed by atoms with Crippen molar-refractivity contribution in [2.24, 2.45) is 9.98 Å². The number of aliphatic imine (C=N–C) groups is 2. The fourth-order valence-electron chi connectivity index (χ4n) is 2.18. The lowest BCUT2D eigenvalue weighted by molar-refractivity contribution is -0.137. The van der Waals surface area contributed by atoms with E-state index >= 15 is 0 Å². The summed E-state index contributed by atoms with van der Waals surface area (Å²) < 4.78 is 78.4. The van der Waals surface area contributed by atoms with E-state index in [-0.39, 0.29) is 11.1 Å². The molecule has 0 saturated heterocycles. The summed E-state index contributed by atoms with van der Waals surface area (Å²) in [5, 5.41) is 0. The number of rotatable bonds is 3. The highest BCUT2D eigenvalue weighted by Crippen LogP contribution is 2.41. The molecule has 134 valence electrons. The Hall–Kier alpha value is -3.22. The number of hydrogen-bond donors (Lipinski definition) is 0. The number of isocyanates is 2. The van der Waals surface area contributed by atoms with Crippen LogP contribution in [0.5, 0.6) is 0 Å². The van der Waals surface area contributed by atoms with E-state index in [4.69, 9.17) is 0 Å². The van der Waals surface area contributed by atoms with Crippen molar-refractivity contribution in [2.45, 2.75) is 12.4 Å². The van der Waals surface area contributed by atoms with Crippen LogP contribution in [0, 0.1) is 0 Å². The second kappa shape index (κ2) is 6.95. The maximum absolute atomic E-state index is 13.1. The number of hydrogen-bond acceptors (Lipinski definition) is 4. The molecule has 0 aromatic heterocycles. The quantitative estimate of drug-likeness (QED) is 0.416. The summed E-state index contributed by atoms with van der Waals surface area (Å²) in [4.78, 5) is 26.4. The maximum Gasteiger partial charge on any atom is 0.418 e. The first-order chi connectivity index (χ1) is 12.1. The predicted octanol–water partition coefficient (Wildman–Crippen LogP) is 5.33. The van der Waals surface area contributed by atoms with E-state index in [0.29, 0.717) is 12.1 Å². The minimum Gasteiger partial charge on any atom is -0.211 e. The van der Waals surface area contributed by atoms with Crippen LogP contribution >= 0.6 is 0 Å². The molecule has 0 fully saturated rings. The molecule has 0 aliphatic carbocycles. The first-order valence-electron chi connectivity index (χ1n) is 6.66. The van der Waals surface area contributed by atoms with Crippen LogP contribution in [0.25, 0.3) is 11.1 Å². The van der Waals surface area contributed by atoms with Gasteiger partial charge in [0.2, 0.25) is 12.2 Å². The molecule has 2 rings (SSSR count). The van der Waals surface area contributed by atoms with Crippen LogP contribution in [0.2, 0.25) is 0 Å². The lowest BCUT2D eigenvalue weighted by Crippen LogP contribution is -2.07. The highest BCUT2D eigenvalue weighted by Gasteiger charge is 2.35. The molecule has 2 aromatic carbocycles. The Labute approximate surface area is 141 Å². The third-order valence-electron chi connectivity index (χ3n) is 3.27. The summed E-state index contributed by atoms with van der Waals surface area (Å²) >= 11 is 0. The van der Waals surface area contributed by atoms with Gasteiger partial charge in [0.1, 0.15) is 0 Å². The molecule has 0 bridgehead atoms. The Morgan fingerprint density at radius 2 is 1.00 bits per heavy atom. The van der Waals surface area contributed by atoms with Crippen molar-refractivity contribution in [1.29, 1.82) is 0 Å². The van der Waals surface area contributed by atoms with Crippen molar-refractivity contribution in [3.05, 3.63) is 47.5 Å². The molecule has 4 nitrogen and oxygen atoms in total. The Morgan fingerprint density at radius 3 is 1.27 bits per heavy atom. The molecule has 0 spiro atoms. The van der Waals surface area contributed by atoms with Crippen molar-refractivity contribution >= 4 is 23.5 Å². The van der Waals surface area contributed by atoms with Gasteiger partial charge in [-0.05, 0) is 35.4 Å². The molecule has 0 aliphatic heterocycles. The standard InChI is InChI=1S/C16H6F6N2O2/c17-15(18,19)11-5-9(1-3-13(11)23-7-25)10-2-4-14(24-8-26)12(6-10)16(20,21)22/h1-6H. The zero-order valence-electron chi connectivity index (χ0n) is 12.4. The molecule has 0 atom stereocenters. The van der Waals surface area contributed by atoms with E-state index in [0.717, 1.165) is 36.4 Å². The number of alkyl halides is 6. The third kappa shape index (κ3) is 4.05. The largest absolute Gasteiger partial charge is 0.418 e. The number of carbonyl (C=O) groups excluding carboxylic acids is 2. The highest BCUT2D eigenvalue weighted by molar-refractivity contribution is 5.72. The van der Waals surface area contributed by atoms with Crippen LogP contribution in [0.4, 0.5) is 37.7 Å². The van der Waals surface area contributed by atoms with Crippen molar-refractivity contribution in [2.75, 3.05) is 0 Å². The van der Waals surface area contributed by atoms with Gasteiger partial charge >= 0.3 is 12.4 Å². The van der Waals surface area contributed by atoms with Gasteiger partial charge in [-0.25, -0.2) is 9.59 Å². The van der Waals surface area contributed by atoms with Gasteiger partial charge in [-0.15, -0.1) is 0 Å². The van der Waals surface area contributed by atoms with Crippen LogP contribution in [0.3, 0.4) is 0 Å². The van der Waals surface area contributed by atoms with Crippen LogP contribution in [-0.4, -0.2) is 12.2 Å². The van der Waals surface area contributed by atoms with Gasteiger partial charge in [-0.1, -0.05) is 12.1 Å². The van der Waals surface area contributed by atoms with Crippen LogP contribution in [-0.2, 0) is 21.9 Å². The molecular weight excluding hydrogens is 366 g/mol. The minimum absolute atomic E-state index is 0.200. The lowest BCUT2D eigenvalue weighted by Gasteiger charge is -2.14. The van der Waals surface area contributed by atoms with Crippen LogP contribution in [0.15, 0.2) is 46.4 Å². The fourth-order valence-corrected chi connectivity index (χ4v) is 2.18. The topological polar surface area (TPSA) is 58.9 Å². The van der Waals surface area contributed by atoms with Crippen molar-refractivity contribution in [1.82, 2.24) is 0 Å². The van der Waals surface area contributed by atoms with E-state index in [1.165, 1.54) is 0 Å². The van der Waals surface area contributed by atoms with Gasteiger partial charge in [0, 0.05) is 0 Å². The monoisotopic (exact) mass is 372 g/mol. The number of benzene rings is 2. The lowest BCUT2D eigenvalue weighted by atomic mass is 9.98. The number of halogens is 6. The second-order valence-corrected chi connectivity index (χ2v) is 4.87. The summed E-state index contributed by atoms with van der Waals surface area (Å²) in [7, 11) is 0. The maximum atomic E-state index is 13.1. The fraction of sp³-hybridized carbons (Fsp3) is 0.125. The molecule has 0 aliphatic rings. The van der Waals surface area contributed by atoms with E-state index in [1.54, 1.807) is 0 Å². The average molecular weight is 372 g/mol. The Bertz CT molecular complexity index is 859. The Balaban J connectivity index is 2.69. The molecule has 0 N–H and O–H groups in total. The molecule has 0 amide bonds. The normalized spacial score (nSPS) is 11.5. The van der Waals surface area contributed by atoms with Crippen molar-refractivity contribution in [3.8, 4) is 11.1 Å². The molecule has 0 saturated carbocycles. The summed E-state index contributed by atoms with van der Waals surface area (Å²) in [6.45, 7) is 0. The molecule has 26 heavy (non-hydrogen) atoms. The first kappa shape index (κ1) is 19.1. The van der Waals surface area contributed by atoms with E-state index in [2.05, 4.69) is 9.98 Å². The summed E-state index contributed by atoms with van der Waals surface area (Å²) in [5.41, 5.74) is -4.43. The Kier molecular flexibility index (Phi) is 5.11. The molecule has 0 unspecified atom stereocenters. The number of nitrogens with zero attached hydrogens (tertiary/aromatic N) is 2.